The molecule has 1 amide bonds. The highest BCUT2D eigenvalue weighted by molar-refractivity contribution is 5.76. The van der Waals surface area contributed by atoms with Crippen LogP contribution >= 0.6 is 0 Å². The molecule has 0 spiro atoms. The van der Waals surface area contributed by atoms with Crippen LogP contribution in [0.25, 0.3) is 0 Å². The Morgan fingerprint density at radius 3 is 2.53 bits per heavy atom. The number of hydrogen-bond donors (Lipinski definition) is 1. The SMILES string of the molecule is CC(C)Cc1ccc(C2CCC(=O)NC2)cc1. The Balaban J connectivity index is 2.00. The van der Waals surface area contributed by atoms with E-state index in [0.29, 0.717) is 18.3 Å². The number of benzene rings is 1. The fourth-order valence-electron chi connectivity index (χ4n) is 2.41. The molecule has 17 heavy (non-hydrogen) atoms. The molecule has 1 aromatic rings. The van der Waals surface area contributed by atoms with E-state index in [2.05, 4.69) is 43.4 Å². The lowest BCUT2D eigenvalue weighted by Gasteiger charge is -2.23. The van der Waals surface area contributed by atoms with Gasteiger partial charge in [-0.2, -0.15) is 0 Å². The molecule has 1 heterocycles. The van der Waals surface area contributed by atoms with Gasteiger partial charge in [0, 0.05) is 18.9 Å². The molecule has 0 bridgehead atoms. The lowest BCUT2D eigenvalue weighted by atomic mass is 9.90. The minimum atomic E-state index is 0.192. The highest BCUT2D eigenvalue weighted by atomic mass is 16.1. The van der Waals surface area contributed by atoms with E-state index >= 15 is 0 Å². The van der Waals surface area contributed by atoms with Crippen LogP contribution in [-0.4, -0.2) is 12.5 Å². The van der Waals surface area contributed by atoms with Gasteiger partial charge in [0.1, 0.15) is 0 Å². The molecule has 1 N–H and O–H groups in total. The van der Waals surface area contributed by atoms with Crippen LogP contribution in [0, 0.1) is 5.92 Å². The second-order valence-electron chi connectivity index (χ2n) is 5.38. The molecule has 0 aromatic heterocycles. The summed E-state index contributed by atoms with van der Waals surface area (Å²) < 4.78 is 0. The zero-order valence-corrected chi connectivity index (χ0v) is 10.7. The zero-order valence-electron chi connectivity index (χ0n) is 10.7. The number of rotatable bonds is 3. The lowest BCUT2D eigenvalue weighted by Crippen LogP contribution is -2.33. The van der Waals surface area contributed by atoms with Crippen LogP contribution in [-0.2, 0) is 11.2 Å². The molecule has 1 atom stereocenters. The standard InChI is InChI=1S/C15H21NO/c1-11(2)9-12-3-5-13(6-4-12)14-7-8-15(17)16-10-14/h3-6,11,14H,7-10H2,1-2H3,(H,16,17). The van der Waals surface area contributed by atoms with Crippen molar-refractivity contribution in [3.63, 3.8) is 0 Å². The Bertz CT molecular complexity index is 370. The quantitative estimate of drug-likeness (QED) is 0.851. The first-order valence-electron chi connectivity index (χ1n) is 6.50. The average Bonchev–Trinajstić information content (AvgIpc) is 2.30. The molecule has 1 aromatic carbocycles. The molecular formula is C15H21NO. The van der Waals surface area contributed by atoms with Gasteiger partial charge in [0.15, 0.2) is 0 Å². The zero-order chi connectivity index (χ0) is 12.3. The van der Waals surface area contributed by atoms with E-state index in [1.54, 1.807) is 0 Å². The summed E-state index contributed by atoms with van der Waals surface area (Å²) in [5.41, 5.74) is 2.76. The molecule has 0 radical (unpaired) electrons. The van der Waals surface area contributed by atoms with Crippen molar-refractivity contribution < 1.29 is 4.79 Å². The normalized spacial score (nSPS) is 20.4. The second kappa shape index (κ2) is 5.35. The third kappa shape index (κ3) is 3.32. The Kier molecular flexibility index (Phi) is 3.82. The van der Waals surface area contributed by atoms with Crippen LogP contribution in [0.4, 0.5) is 0 Å². The molecule has 0 aliphatic carbocycles. The Morgan fingerprint density at radius 2 is 2.00 bits per heavy atom. The van der Waals surface area contributed by atoms with Gasteiger partial charge < -0.3 is 5.32 Å². The van der Waals surface area contributed by atoms with Gasteiger partial charge in [-0.25, -0.2) is 0 Å². The minimum Gasteiger partial charge on any atom is -0.355 e. The molecule has 1 saturated heterocycles. The van der Waals surface area contributed by atoms with Crippen molar-refractivity contribution in [1.82, 2.24) is 5.32 Å². The van der Waals surface area contributed by atoms with Crippen LogP contribution in [0.2, 0.25) is 0 Å². The predicted molar refractivity (Wildman–Crippen MR) is 70.0 cm³/mol. The molecule has 1 aliphatic heterocycles. The fraction of sp³-hybridized carbons (Fsp3) is 0.533. The van der Waals surface area contributed by atoms with Gasteiger partial charge in [-0.05, 0) is 29.9 Å². The molecule has 1 fully saturated rings. The number of nitrogens with one attached hydrogen (secondary N) is 1. The van der Waals surface area contributed by atoms with Gasteiger partial charge >= 0.3 is 0 Å². The summed E-state index contributed by atoms with van der Waals surface area (Å²) in [5, 5.41) is 2.94. The summed E-state index contributed by atoms with van der Waals surface area (Å²) in [4.78, 5) is 11.1. The molecule has 0 saturated carbocycles. The number of hydrogen-bond acceptors (Lipinski definition) is 1. The van der Waals surface area contributed by atoms with E-state index in [9.17, 15) is 4.79 Å². The van der Waals surface area contributed by atoms with Crippen LogP contribution in [0.1, 0.15) is 43.7 Å². The Morgan fingerprint density at radius 1 is 1.29 bits per heavy atom. The van der Waals surface area contributed by atoms with E-state index in [1.807, 2.05) is 0 Å². The van der Waals surface area contributed by atoms with Crippen LogP contribution in [0.3, 0.4) is 0 Å². The summed E-state index contributed by atoms with van der Waals surface area (Å²) >= 11 is 0. The summed E-state index contributed by atoms with van der Waals surface area (Å²) in [6.45, 7) is 5.28. The highest BCUT2D eigenvalue weighted by Crippen LogP contribution is 2.24. The van der Waals surface area contributed by atoms with Crippen molar-refractivity contribution in [3.05, 3.63) is 35.4 Å². The maximum Gasteiger partial charge on any atom is 0.220 e. The molecule has 2 heteroatoms. The number of amides is 1. The van der Waals surface area contributed by atoms with Crippen molar-refractivity contribution in [2.45, 2.75) is 39.0 Å². The minimum absolute atomic E-state index is 0.192. The monoisotopic (exact) mass is 231 g/mol. The average molecular weight is 231 g/mol. The molecule has 2 rings (SSSR count). The largest absolute Gasteiger partial charge is 0.355 e. The van der Waals surface area contributed by atoms with Crippen molar-refractivity contribution in [1.29, 1.82) is 0 Å². The van der Waals surface area contributed by atoms with E-state index < -0.39 is 0 Å². The van der Waals surface area contributed by atoms with E-state index in [1.165, 1.54) is 11.1 Å². The van der Waals surface area contributed by atoms with Crippen LogP contribution < -0.4 is 5.32 Å². The van der Waals surface area contributed by atoms with Gasteiger partial charge in [-0.15, -0.1) is 0 Å². The maximum atomic E-state index is 11.1. The molecule has 1 aliphatic rings. The summed E-state index contributed by atoms with van der Waals surface area (Å²) in [5.74, 6) is 1.40. The van der Waals surface area contributed by atoms with Crippen LogP contribution in [0.5, 0.6) is 0 Å². The smallest absolute Gasteiger partial charge is 0.220 e. The van der Waals surface area contributed by atoms with Gasteiger partial charge in [-0.3, -0.25) is 4.79 Å². The number of piperidine rings is 1. The molecule has 1 unspecified atom stereocenters. The Labute approximate surface area is 103 Å². The first-order chi connectivity index (χ1) is 8.15. The topological polar surface area (TPSA) is 29.1 Å². The predicted octanol–water partition coefficient (Wildman–Crippen LogP) is 2.88. The summed E-state index contributed by atoms with van der Waals surface area (Å²) in [6, 6.07) is 8.90. The second-order valence-corrected chi connectivity index (χ2v) is 5.38. The first-order valence-corrected chi connectivity index (χ1v) is 6.50. The van der Waals surface area contributed by atoms with Gasteiger partial charge in [0.25, 0.3) is 0 Å². The van der Waals surface area contributed by atoms with Crippen molar-refractivity contribution in [2.24, 2.45) is 5.92 Å². The molecule has 92 valence electrons. The van der Waals surface area contributed by atoms with Crippen molar-refractivity contribution >= 4 is 5.91 Å². The first kappa shape index (κ1) is 12.2. The fourth-order valence-corrected chi connectivity index (χ4v) is 2.41. The molecule has 2 nitrogen and oxygen atoms in total. The van der Waals surface area contributed by atoms with Gasteiger partial charge in [0.05, 0.1) is 0 Å². The number of carbonyl (C=O) groups is 1. The Hall–Kier alpha value is -1.31. The molecular weight excluding hydrogens is 210 g/mol. The van der Waals surface area contributed by atoms with E-state index in [4.69, 9.17) is 0 Å². The highest BCUT2D eigenvalue weighted by Gasteiger charge is 2.19. The summed E-state index contributed by atoms with van der Waals surface area (Å²) in [6.07, 6.45) is 2.79. The summed E-state index contributed by atoms with van der Waals surface area (Å²) in [7, 11) is 0. The van der Waals surface area contributed by atoms with Crippen molar-refractivity contribution in [2.75, 3.05) is 6.54 Å². The number of carbonyl (C=O) groups excluding carboxylic acids is 1. The maximum absolute atomic E-state index is 11.1. The van der Waals surface area contributed by atoms with Gasteiger partial charge in [0.2, 0.25) is 5.91 Å². The van der Waals surface area contributed by atoms with Gasteiger partial charge in [-0.1, -0.05) is 38.1 Å². The van der Waals surface area contributed by atoms with E-state index in [0.717, 1.165) is 19.4 Å². The third-order valence-electron chi connectivity index (χ3n) is 3.36. The third-order valence-corrected chi connectivity index (χ3v) is 3.36. The van der Waals surface area contributed by atoms with E-state index in [-0.39, 0.29) is 5.91 Å². The van der Waals surface area contributed by atoms with Crippen LogP contribution in [0.15, 0.2) is 24.3 Å². The van der Waals surface area contributed by atoms with Crippen molar-refractivity contribution in [3.8, 4) is 0 Å². The lowest BCUT2D eigenvalue weighted by molar-refractivity contribution is -0.122.